The Morgan fingerprint density at radius 1 is 1.29 bits per heavy atom. The number of hydrogen-bond acceptors (Lipinski definition) is 2. The van der Waals surface area contributed by atoms with Gasteiger partial charge in [0.1, 0.15) is 0 Å². The van der Waals surface area contributed by atoms with Crippen LogP contribution in [0.15, 0.2) is 0 Å². The number of hydrogen-bond donors (Lipinski definition) is 1. The van der Waals surface area contributed by atoms with Gasteiger partial charge in [0, 0.05) is 18.6 Å². The van der Waals surface area contributed by atoms with Crippen molar-refractivity contribution in [1.82, 2.24) is 10.2 Å². The smallest absolute Gasteiger partial charge is 0.00849 e. The Hall–Kier alpha value is -0.0800. The lowest BCUT2D eigenvalue weighted by Gasteiger charge is -2.34. The highest BCUT2D eigenvalue weighted by atomic mass is 15.1. The van der Waals surface area contributed by atoms with E-state index in [1.54, 1.807) is 0 Å². The van der Waals surface area contributed by atoms with Gasteiger partial charge in [0.15, 0.2) is 0 Å². The molecule has 0 saturated carbocycles. The first-order valence-corrected chi connectivity index (χ1v) is 7.31. The van der Waals surface area contributed by atoms with Crippen LogP contribution in [0.2, 0.25) is 0 Å². The molecule has 0 amide bonds. The Kier molecular flexibility index (Phi) is 5.46. The highest BCUT2D eigenvalue weighted by Gasteiger charge is 2.31. The molecule has 1 saturated heterocycles. The van der Waals surface area contributed by atoms with E-state index in [9.17, 15) is 0 Å². The second kappa shape index (κ2) is 6.19. The molecule has 102 valence electrons. The SMILES string of the molecule is CCN1CCC(NC(C)C)CC(C(C)(C)C)C1. The predicted octanol–water partition coefficient (Wildman–Crippen LogP) is 3.13. The summed E-state index contributed by atoms with van der Waals surface area (Å²) in [5.74, 6) is 0.807. The van der Waals surface area contributed by atoms with E-state index in [4.69, 9.17) is 0 Å². The summed E-state index contributed by atoms with van der Waals surface area (Å²) in [4.78, 5) is 2.62. The number of rotatable bonds is 3. The average Bonchev–Trinajstić information content (AvgIpc) is 2.38. The van der Waals surface area contributed by atoms with Crippen LogP contribution in [0.25, 0.3) is 0 Å². The molecule has 0 aromatic rings. The fraction of sp³-hybridized carbons (Fsp3) is 1.00. The monoisotopic (exact) mass is 240 g/mol. The fourth-order valence-electron chi connectivity index (χ4n) is 2.81. The van der Waals surface area contributed by atoms with Crippen molar-refractivity contribution in [3.05, 3.63) is 0 Å². The molecule has 1 heterocycles. The molecule has 0 aromatic carbocycles. The first kappa shape index (κ1) is 15.0. The van der Waals surface area contributed by atoms with Gasteiger partial charge in [-0.15, -0.1) is 0 Å². The normalized spacial score (nSPS) is 28.4. The zero-order chi connectivity index (χ0) is 13.1. The summed E-state index contributed by atoms with van der Waals surface area (Å²) in [6.07, 6.45) is 2.64. The van der Waals surface area contributed by atoms with Crippen molar-refractivity contribution < 1.29 is 0 Å². The maximum atomic E-state index is 3.74. The maximum Gasteiger partial charge on any atom is 0.00849 e. The highest BCUT2D eigenvalue weighted by Crippen LogP contribution is 2.33. The van der Waals surface area contributed by atoms with Crippen molar-refractivity contribution in [3.8, 4) is 0 Å². The van der Waals surface area contributed by atoms with Crippen molar-refractivity contribution >= 4 is 0 Å². The molecule has 0 aliphatic carbocycles. The molecular formula is C15H32N2. The van der Waals surface area contributed by atoms with Crippen LogP contribution in [0.3, 0.4) is 0 Å². The second-order valence-corrected chi connectivity index (χ2v) is 7.00. The van der Waals surface area contributed by atoms with Crippen LogP contribution in [0.1, 0.15) is 54.4 Å². The minimum absolute atomic E-state index is 0.425. The Labute approximate surface area is 108 Å². The Morgan fingerprint density at radius 2 is 1.94 bits per heavy atom. The van der Waals surface area contributed by atoms with Gasteiger partial charge in [-0.1, -0.05) is 41.5 Å². The maximum absolute atomic E-state index is 3.74. The van der Waals surface area contributed by atoms with E-state index in [1.165, 1.54) is 32.5 Å². The molecule has 0 spiro atoms. The van der Waals surface area contributed by atoms with E-state index >= 15 is 0 Å². The van der Waals surface area contributed by atoms with Gasteiger partial charge in [-0.05, 0) is 37.3 Å². The van der Waals surface area contributed by atoms with Crippen LogP contribution in [-0.4, -0.2) is 36.6 Å². The van der Waals surface area contributed by atoms with Crippen LogP contribution < -0.4 is 5.32 Å². The lowest BCUT2D eigenvalue weighted by molar-refractivity contribution is 0.160. The largest absolute Gasteiger partial charge is 0.312 e. The van der Waals surface area contributed by atoms with Crippen LogP contribution in [-0.2, 0) is 0 Å². The Morgan fingerprint density at radius 3 is 2.41 bits per heavy atom. The van der Waals surface area contributed by atoms with Gasteiger partial charge in [0.25, 0.3) is 0 Å². The molecule has 0 bridgehead atoms. The highest BCUT2D eigenvalue weighted by molar-refractivity contribution is 4.86. The second-order valence-electron chi connectivity index (χ2n) is 7.00. The van der Waals surface area contributed by atoms with Crippen LogP contribution in [0, 0.1) is 11.3 Å². The summed E-state index contributed by atoms with van der Waals surface area (Å²) >= 11 is 0. The molecule has 2 unspecified atom stereocenters. The molecule has 1 aliphatic heterocycles. The van der Waals surface area contributed by atoms with Crippen molar-refractivity contribution in [2.45, 2.75) is 66.5 Å². The zero-order valence-electron chi connectivity index (χ0n) is 12.7. The quantitative estimate of drug-likeness (QED) is 0.815. The van der Waals surface area contributed by atoms with Gasteiger partial charge >= 0.3 is 0 Å². The summed E-state index contributed by atoms with van der Waals surface area (Å²) in [6, 6.07) is 1.31. The number of likely N-dealkylation sites (tertiary alicyclic amines) is 1. The van der Waals surface area contributed by atoms with E-state index in [0.29, 0.717) is 17.5 Å². The number of nitrogens with zero attached hydrogens (tertiary/aromatic N) is 1. The minimum atomic E-state index is 0.425. The fourth-order valence-corrected chi connectivity index (χ4v) is 2.81. The molecule has 2 atom stereocenters. The van der Waals surface area contributed by atoms with Gasteiger partial charge < -0.3 is 10.2 Å². The summed E-state index contributed by atoms with van der Waals surface area (Å²) in [5.41, 5.74) is 0.425. The molecule has 2 heteroatoms. The van der Waals surface area contributed by atoms with Gasteiger partial charge in [-0.25, -0.2) is 0 Å². The predicted molar refractivity (Wildman–Crippen MR) is 76.4 cm³/mol. The molecular weight excluding hydrogens is 208 g/mol. The van der Waals surface area contributed by atoms with E-state index in [2.05, 4.69) is 51.8 Å². The van der Waals surface area contributed by atoms with E-state index in [-0.39, 0.29) is 0 Å². The first-order chi connectivity index (χ1) is 7.82. The van der Waals surface area contributed by atoms with Crippen molar-refractivity contribution in [1.29, 1.82) is 0 Å². The zero-order valence-corrected chi connectivity index (χ0v) is 12.7. The lowest BCUT2D eigenvalue weighted by Crippen LogP contribution is -2.38. The Bertz CT molecular complexity index is 217. The standard InChI is InChI=1S/C15H32N2/c1-7-17-9-8-14(16-12(2)3)10-13(11-17)15(4,5)6/h12-14,16H,7-11H2,1-6H3. The molecule has 1 rings (SSSR count). The Balaban J connectivity index is 2.67. The van der Waals surface area contributed by atoms with Gasteiger partial charge in [0.05, 0.1) is 0 Å². The van der Waals surface area contributed by atoms with Crippen LogP contribution in [0.5, 0.6) is 0 Å². The summed E-state index contributed by atoms with van der Waals surface area (Å²) in [5, 5.41) is 3.74. The van der Waals surface area contributed by atoms with Crippen molar-refractivity contribution in [2.24, 2.45) is 11.3 Å². The molecule has 0 aromatic heterocycles. The molecule has 2 nitrogen and oxygen atoms in total. The minimum Gasteiger partial charge on any atom is -0.312 e. The average molecular weight is 240 g/mol. The lowest BCUT2D eigenvalue weighted by atomic mass is 9.77. The van der Waals surface area contributed by atoms with Crippen LogP contribution in [0.4, 0.5) is 0 Å². The molecule has 1 fully saturated rings. The van der Waals surface area contributed by atoms with Crippen molar-refractivity contribution in [3.63, 3.8) is 0 Å². The molecule has 1 aliphatic rings. The summed E-state index contributed by atoms with van der Waals surface area (Å²) < 4.78 is 0. The summed E-state index contributed by atoms with van der Waals surface area (Å²) in [7, 11) is 0. The topological polar surface area (TPSA) is 15.3 Å². The third kappa shape index (κ3) is 4.97. The summed E-state index contributed by atoms with van der Waals surface area (Å²) in [6.45, 7) is 17.7. The van der Waals surface area contributed by atoms with Crippen LogP contribution >= 0.6 is 0 Å². The van der Waals surface area contributed by atoms with Gasteiger partial charge in [-0.3, -0.25) is 0 Å². The molecule has 1 N–H and O–H groups in total. The molecule has 0 radical (unpaired) electrons. The molecule has 17 heavy (non-hydrogen) atoms. The van der Waals surface area contributed by atoms with Crippen molar-refractivity contribution in [2.75, 3.05) is 19.6 Å². The van der Waals surface area contributed by atoms with E-state index < -0.39 is 0 Å². The van der Waals surface area contributed by atoms with Gasteiger partial charge in [0.2, 0.25) is 0 Å². The first-order valence-electron chi connectivity index (χ1n) is 7.31. The van der Waals surface area contributed by atoms with E-state index in [1.807, 2.05) is 0 Å². The number of nitrogens with one attached hydrogen (secondary N) is 1. The van der Waals surface area contributed by atoms with E-state index in [0.717, 1.165) is 5.92 Å². The third-order valence-corrected chi connectivity index (χ3v) is 4.08. The third-order valence-electron chi connectivity index (χ3n) is 4.08. The van der Waals surface area contributed by atoms with Gasteiger partial charge in [-0.2, -0.15) is 0 Å².